The monoisotopic (exact) mass is 258 g/mol. The summed E-state index contributed by atoms with van der Waals surface area (Å²) in [7, 11) is 0. The Kier molecular flexibility index (Phi) is 3.80. The molecule has 2 aromatic carbocycles. The van der Waals surface area contributed by atoms with Crippen molar-refractivity contribution in [2.24, 2.45) is 0 Å². The maximum Gasteiger partial charge on any atom is 0.228 e. The molecular formula is C15H15FN2O. The maximum absolute atomic E-state index is 13.6. The summed E-state index contributed by atoms with van der Waals surface area (Å²) in [4.78, 5) is 11.9. The fourth-order valence-electron chi connectivity index (χ4n) is 1.86. The smallest absolute Gasteiger partial charge is 0.228 e. The predicted molar refractivity (Wildman–Crippen MR) is 74.3 cm³/mol. The van der Waals surface area contributed by atoms with E-state index in [1.807, 2.05) is 6.07 Å². The maximum atomic E-state index is 13.6. The van der Waals surface area contributed by atoms with Crippen LogP contribution in [-0.4, -0.2) is 5.91 Å². The van der Waals surface area contributed by atoms with Crippen molar-refractivity contribution in [2.75, 3.05) is 11.1 Å². The van der Waals surface area contributed by atoms with Crippen molar-refractivity contribution in [3.05, 3.63) is 59.4 Å². The highest BCUT2D eigenvalue weighted by Gasteiger charge is 2.10. The van der Waals surface area contributed by atoms with Crippen LogP contribution in [0, 0.1) is 12.7 Å². The van der Waals surface area contributed by atoms with Gasteiger partial charge in [0.15, 0.2) is 0 Å². The first-order valence-corrected chi connectivity index (χ1v) is 5.95. The highest BCUT2D eigenvalue weighted by molar-refractivity contribution is 5.93. The second kappa shape index (κ2) is 5.52. The zero-order chi connectivity index (χ0) is 13.8. The molecule has 0 fully saturated rings. The van der Waals surface area contributed by atoms with Gasteiger partial charge in [0.25, 0.3) is 0 Å². The molecule has 0 aliphatic heterocycles. The minimum atomic E-state index is -0.430. The number of amides is 1. The van der Waals surface area contributed by atoms with Gasteiger partial charge in [-0.05, 0) is 36.2 Å². The van der Waals surface area contributed by atoms with E-state index in [2.05, 4.69) is 5.32 Å². The standard InChI is InChI=1S/C15H15FN2O/c1-10-4-2-7-13(16)15(10)18-14(19)9-11-5-3-6-12(17)8-11/h2-8H,9,17H2,1H3,(H,18,19). The zero-order valence-corrected chi connectivity index (χ0v) is 10.6. The molecule has 0 bridgehead atoms. The number of hydrogen-bond acceptors (Lipinski definition) is 2. The number of nitrogen functional groups attached to an aromatic ring is 1. The fraction of sp³-hybridized carbons (Fsp3) is 0.133. The number of anilines is 2. The van der Waals surface area contributed by atoms with Crippen molar-refractivity contribution in [3.8, 4) is 0 Å². The van der Waals surface area contributed by atoms with Gasteiger partial charge in [0.1, 0.15) is 5.82 Å². The molecule has 2 rings (SSSR count). The molecule has 0 aliphatic rings. The number of aryl methyl sites for hydroxylation is 1. The van der Waals surface area contributed by atoms with Crippen LogP contribution >= 0.6 is 0 Å². The lowest BCUT2D eigenvalue weighted by molar-refractivity contribution is -0.115. The van der Waals surface area contributed by atoms with Crippen LogP contribution in [0.4, 0.5) is 15.8 Å². The molecular weight excluding hydrogens is 243 g/mol. The molecule has 3 N–H and O–H groups in total. The van der Waals surface area contributed by atoms with Crippen molar-refractivity contribution < 1.29 is 9.18 Å². The van der Waals surface area contributed by atoms with Crippen LogP contribution in [0.3, 0.4) is 0 Å². The summed E-state index contributed by atoms with van der Waals surface area (Å²) in [5.41, 5.74) is 7.97. The first kappa shape index (κ1) is 13.1. The van der Waals surface area contributed by atoms with Gasteiger partial charge in [-0.15, -0.1) is 0 Å². The second-order valence-electron chi connectivity index (χ2n) is 4.40. The molecule has 0 saturated carbocycles. The van der Waals surface area contributed by atoms with E-state index >= 15 is 0 Å². The van der Waals surface area contributed by atoms with E-state index in [9.17, 15) is 9.18 Å². The van der Waals surface area contributed by atoms with Crippen LogP contribution in [0.5, 0.6) is 0 Å². The van der Waals surface area contributed by atoms with Crippen LogP contribution in [0.25, 0.3) is 0 Å². The highest BCUT2D eigenvalue weighted by Crippen LogP contribution is 2.19. The quantitative estimate of drug-likeness (QED) is 0.832. The molecule has 19 heavy (non-hydrogen) atoms. The number of carbonyl (C=O) groups is 1. The third-order valence-corrected chi connectivity index (χ3v) is 2.80. The highest BCUT2D eigenvalue weighted by atomic mass is 19.1. The Morgan fingerprint density at radius 3 is 2.68 bits per heavy atom. The Morgan fingerprint density at radius 1 is 1.26 bits per heavy atom. The lowest BCUT2D eigenvalue weighted by Crippen LogP contribution is -2.16. The summed E-state index contributed by atoms with van der Waals surface area (Å²) < 4.78 is 13.6. The third-order valence-electron chi connectivity index (χ3n) is 2.80. The van der Waals surface area contributed by atoms with E-state index in [0.717, 1.165) is 5.56 Å². The van der Waals surface area contributed by atoms with Crippen molar-refractivity contribution in [1.29, 1.82) is 0 Å². The summed E-state index contributed by atoms with van der Waals surface area (Å²) in [5.74, 6) is -0.695. The van der Waals surface area contributed by atoms with E-state index in [1.165, 1.54) is 6.07 Å². The van der Waals surface area contributed by atoms with Crippen molar-refractivity contribution >= 4 is 17.3 Å². The Bertz CT molecular complexity index is 591. The molecule has 0 heterocycles. The number of nitrogens with one attached hydrogen (secondary N) is 1. The van der Waals surface area contributed by atoms with E-state index in [4.69, 9.17) is 5.73 Å². The molecule has 0 aliphatic carbocycles. The van der Waals surface area contributed by atoms with Crippen LogP contribution in [-0.2, 0) is 11.2 Å². The Morgan fingerprint density at radius 2 is 2.00 bits per heavy atom. The molecule has 1 amide bonds. The van der Waals surface area contributed by atoms with Crippen LogP contribution < -0.4 is 11.1 Å². The van der Waals surface area contributed by atoms with Crippen molar-refractivity contribution in [2.45, 2.75) is 13.3 Å². The van der Waals surface area contributed by atoms with Crippen LogP contribution in [0.2, 0.25) is 0 Å². The van der Waals surface area contributed by atoms with Gasteiger partial charge in [0.2, 0.25) is 5.91 Å². The summed E-state index contributed by atoms with van der Waals surface area (Å²) in [6.45, 7) is 1.75. The Balaban J connectivity index is 2.10. The molecule has 0 atom stereocenters. The van der Waals surface area contributed by atoms with Crippen molar-refractivity contribution in [3.63, 3.8) is 0 Å². The average molecular weight is 258 g/mol. The number of hydrogen-bond donors (Lipinski definition) is 2. The van der Waals surface area contributed by atoms with Gasteiger partial charge in [0, 0.05) is 5.69 Å². The molecule has 4 heteroatoms. The Labute approximate surface area is 111 Å². The first-order valence-electron chi connectivity index (χ1n) is 5.95. The van der Waals surface area contributed by atoms with Crippen LogP contribution in [0.1, 0.15) is 11.1 Å². The summed E-state index contributed by atoms with van der Waals surface area (Å²) >= 11 is 0. The van der Waals surface area contributed by atoms with E-state index in [0.29, 0.717) is 11.3 Å². The normalized spacial score (nSPS) is 10.2. The zero-order valence-electron chi connectivity index (χ0n) is 10.6. The third kappa shape index (κ3) is 3.31. The van der Waals surface area contributed by atoms with Gasteiger partial charge in [-0.2, -0.15) is 0 Å². The molecule has 0 aromatic heterocycles. The van der Waals surface area contributed by atoms with E-state index in [1.54, 1.807) is 37.3 Å². The average Bonchev–Trinajstić information content (AvgIpc) is 2.34. The number of benzene rings is 2. The number of para-hydroxylation sites is 1. The summed E-state index contributed by atoms with van der Waals surface area (Å²) in [5, 5.41) is 2.59. The Hall–Kier alpha value is -2.36. The van der Waals surface area contributed by atoms with Gasteiger partial charge in [-0.3, -0.25) is 4.79 Å². The molecule has 98 valence electrons. The van der Waals surface area contributed by atoms with Gasteiger partial charge >= 0.3 is 0 Å². The first-order chi connectivity index (χ1) is 9.06. The van der Waals surface area contributed by atoms with Gasteiger partial charge in [0.05, 0.1) is 12.1 Å². The van der Waals surface area contributed by atoms with Gasteiger partial charge in [-0.25, -0.2) is 4.39 Å². The topological polar surface area (TPSA) is 55.1 Å². The SMILES string of the molecule is Cc1cccc(F)c1NC(=O)Cc1cccc(N)c1. The largest absolute Gasteiger partial charge is 0.399 e. The number of halogens is 1. The number of rotatable bonds is 3. The summed E-state index contributed by atoms with van der Waals surface area (Å²) in [6.07, 6.45) is 0.165. The van der Waals surface area contributed by atoms with E-state index in [-0.39, 0.29) is 18.0 Å². The number of nitrogens with two attached hydrogens (primary N) is 1. The van der Waals surface area contributed by atoms with Gasteiger partial charge < -0.3 is 11.1 Å². The van der Waals surface area contributed by atoms with Gasteiger partial charge in [-0.1, -0.05) is 24.3 Å². The molecule has 0 saturated heterocycles. The molecule has 0 unspecified atom stereocenters. The second-order valence-corrected chi connectivity index (χ2v) is 4.40. The lowest BCUT2D eigenvalue weighted by atomic mass is 10.1. The van der Waals surface area contributed by atoms with Crippen LogP contribution in [0.15, 0.2) is 42.5 Å². The number of carbonyl (C=O) groups excluding carboxylic acids is 1. The minimum Gasteiger partial charge on any atom is -0.399 e. The van der Waals surface area contributed by atoms with Crippen molar-refractivity contribution in [1.82, 2.24) is 0 Å². The molecule has 0 spiro atoms. The lowest BCUT2D eigenvalue weighted by Gasteiger charge is -2.09. The molecule has 3 nitrogen and oxygen atoms in total. The molecule has 2 aromatic rings. The predicted octanol–water partition coefficient (Wildman–Crippen LogP) is 2.90. The summed E-state index contributed by atoms with van der Waals surface area (Å²) in [6, 6.07) is 11.8. The van der Waals surface area contributed by atoms with E-state index < -0.39 is 5.82 Å². The molecule has 0 radical (unpaired) electrons. The fourth-order valence-corrected chi connectivity index (χ4v) is 1.86. The minimum absolute atomic E-state index is 0.165.